The van der Waals surface area contributed by atoms with Crippen molar-refractivity contribution in [1.29, 1.82) is 0 Å². The summed E-state index contributed by atoms with van der Waals surface area (Å²) in [5, 5.41) is 11.6. The average Bonchev–Trinajstić information content (AvgIpc) is 2.67. The third-order valence-electron chi connectivity index (χ3n) is 2.94. The molecule has 0 atom stereocenters. The summed E-state index contributed by atoms with van der Waals surface area (Å²) in [5.74, 6) is -1.46. The molecule has 0 saturated heterocycles. The number of halogens is 2. The maximum absolute atomic E-state index is 13.7. The van der Waals surface area contributed by atoms with Crippen molar-refractivity contribution in [2.24, 2.45) is 0 Å². The molecule has 0 fully saturated rings. The lowest BCUT2D eigenvalue weighted by Crippen LogP contribution is -2.34. The Kier molecular flexibility index (Phi) is 4.20. The standard InChI is InChI=1S/C13H12BrFN2O3/c1-7-9(3-2-8(14)12(7)15)16-10-6-11(19)17(4-5-18)13(10)20/h2-3,6,16,18H,4-5H2,1H3. The lowest BCUT2D eigenvalue weighted by molar-refractivity contribution is -0.137. The van der Waals surface area contributed by atoms with Crippen molar-refractivity contribution in [3.05, 3.63) is 39.8 Å². The summed E-state index contributed by atoms with van der Waals surface area (Å²) in [6.07, 6.45) is 1.14. The summed E-state index contributed by atoms with van der Waals surface area (Å²) in [4.78, 5) is 24.4. The first-order chi connectivity index (χ1) is 9.45. The zero-order valence-corrected chi connectivity index (χ0v) is 12.2. The number of hydrogen-bond donors (Lipinski definition) is 2. The fourth-order valence-electron chi connectivity index (χ4n) is 1.84. The van der Waals surface area contributed by atoms with E-state index in [4.69, 9.17) is 5.11 Å². The highest BCUT2D eigenvalue weighted by Crippen LogP contribution is 2.27. The largest absolute Gasteiger partial charge is 0.395 e. The van der Waals surface area contributed by atoms with Crippen LogP contribution < -0.4 is 5.32 Å². The molecule has 0 unspecified atom stereocenters. The van der Waals surface area contributed by atoms with Gasteiger partial charge in [0.25, 0.3) is 11.8 Å². The van der Waals surface area contributed by atoms with Gasteiger partial charge in [-0.05, 0) is 35.0 Å². The highest BCUT2D eigenvalue weighted by atomic mass is 79.9. The number of carbonyl (C=O) groups excluding carboxylic acids is 2. The SMILES string of the molecule is Cc1c(NC2=CC(=O)N(CCO)C2=O)ccc(Br)c1F. The summed E-state index contributed by atoms with van der Waals surface area (Å²) in [6.45, 7) is 1.20. The van der Waals surface area contributed by atoms with Gasteiger partial charge in [-0.1, -0.05) is 0 Å². The molecule has 1 aliphatic heterocycles. The van der Waals surface area contributed by atoms with Crippen LogP contribution >= 0.6 is 15.9 Å². The normalized spacial score (nSPS) is 14.8. The minimum Gasteiger partial charge on any atom is -0.395 e. The van der Waals surface area contributed by atoms with Crippen LogP contribution in [0.2, 0.25) is 0 Å². The Morgan fingerprint density at radius 1 is 1.40 bits per heavy atom. The molecule has 1 aromatic rings. The van der Waals surface area contributed by atoms with Crippen molar-refractivity contribution >= 4 is 33.4 Å². The first-order valence-electron chi connectivity index (χ1n) is 5.85. The molecule has 0 spiro atoms. The number of nitrogens with zero attached hydrogens (tertiary/aromatic N) is 1. The molecular formula is C13H12BrFN2O3. The summed E-state index contributed by atoms with van der Waals surface area (Å²) in [7, 11) is 0. The Labute approximate surface area is 123 Å². The minimum absolute atomic E-state index is 0.0625. The number of carbonyl (C=O) groups is 2. The molecule has 0 aliphatic carbocycles. The smallest absolute Gasteiger partial charge is 0.277 e. The van der Waals surface area contributed by atoms with E-state index >= 15 is 0 Å². The fourth-order valence-corrected chi connectivity index (χ4v) is 2.27. The molecule has 0 saturated carbocycles. The Morgan fingerprint density at radius 2 is 2.10 bits per heavy atom. The molecule has 2 N–H and O–H groups in total. The second-order valence-corrected chi connectivity index (χ2v) is 5.09. The average molecular weight is 343 g/mol. The van der Waals surface area contributed by atoms with E-state index in [1.54, 1.807) is 13.0 Å². The van der Waals surface area contributed by atoms with Crippen molar-refractivity contribution < 1.29 is 19.1 Å². The van der Waals surface area contributed by atoms with E-state index in [-0.39, 0.29) is 18.8 Å². The molecule has 20 heavy (non-hydrogen) atoms. The molecule has 2 amide bonds. The topological polar surface area (TPSA) is 69.6 Å². The van der Waals surface area contributed by atoms with Crippen molar-refractivity contribution in [3.63, 3.8) is 0 Å². The zero-order valence-electron chi connectivity index (χ0n) is 10.6. The summed E-state index contributed by atoms with van der Waals surface area (Å²) in [6, 6.07) is 3.12. The fraction of sp³-hybridized carbons (Fsp3) is 0.231. The van der Waals surface area contributed by atoms with Gasteiger partial charge < -0.3 is 10.4 Å². The van der Waals surface area contributed by atoms with E-state index in [1.807, 2.05) is 0 Å². The van der Waals surface area contributed by atoms with Gasteiger partial charge in [-0.2, -0.15) is 0 Å². The Hall–Kier alpha value is -1.73. The first-order valence-corrected chi connectivity index (χ1v) is 6.65. The number of rotatable bonds is 4. The number of imide groups is 1. The van der Waals surface area contributed by atoms with Gasteiger partial charge in [0.2, 0.25) is 0 Å². The third-order valence-corrected chi connectivity index (χ3v) is 3.55. The Balaban J connectivity index is 2.24. The van der Waals surface area contributed by atoms with Crippen LogP contribution in [0, 0.1) is 12.7 Å². The molecule has 2 rings (SSSR count). The van der Waals surface area contributed by atoms with E-state index in [0.717, 1.165) is 11.0 Å². The van der Waals surface area contributed by atoms with Gasteiger partial charge in [-0.25, -0.2) is 4.39 Å². The van der Waals surface area contributed by atoms with Crippen LogP contribution in [0.5, 0.6) is 0 Å². The number of aliphatic hydroxyl groups is 1. The van der Waals surface area contributed by atoms with Crippen LogP contribution in [0.25, 0.3) is 0 Å². The molecule has 1 aliphatic rings. The molecule has 0 radical (unpaired) electrons. The van der Waals surface area contributed by atoms with Crippen LogP contribution in [-0.2, 0) is 9.59 Å². The first kappa shape index (κ1) is 14.7. The van der Waals surface area contributed by atoms with Crippen molar-refractivity contribution in [2.75, 3.05) is 18.5 Å². The van der Waals surface area contributed by atoms with Crippen molar-refractivity contribution in [1.82, 2.24) is 4.90 Å². The van der Waals surface area contributed by atoms with Gasteiger partial charge in [0.1, 0.15) is 11.5 Å². The van der Waals surface area contributed by atoms with Crippen LogP contribution in [-0.4, -0.2) is 35.0 Å². The molecule has 1 aromatic carbocycles. The van der Waals surface area contributed by atoms with E-state index < -0.39 is 17.6 Å². The van der Waals surface area contributed by atoms with Gasteiger partial charge in [0, 0.05) is 17.3 Å². The van der Waals surface area contributed by atoms with Crippen LogP contribution in [0.4, 0.5) is 10.1 Å². The number of β-amino-alcohol motifs (C(OH)–C–C–N with tert-alkyl or cyclic N) is 1. The zero-order chi connectivity index (χ0) is 14.9. The molecule has 0 aromatic heterocycles. The number of nitrogens with one attached hydrogen (secondary N) is 1. The second-order valence-electron chi connectivity index (χ2n) is 4.24. The number of hydrogen-bond acceptors (Lipinski definition) is 4. The Bertz CT molecular complexity index is 616. The van der Waals surface area contributed by atoms with Gasteiger partial charge in [-0.15, -0.1) is 0 Å². The number of amides is 2. The lowest BCUT2D eigenvalue weighted by atomic mass is 10.2. The van der Waals surface area contributed by atoms with E-state index in [9.17, 15) is 14.0 Å². The number of anilines is 1. The molecule has 106 valence electrons. The van der Waals surface area contributed by atoms with Crippen molar-refractivity contribution in [3.8, 4) is 0 Å². The number of aliphatic hydroxyl groups excluding tert-OH is 1. The van der Waals surface area contributed by atoms with Gasteiger partial charge in [0.05, 0.1) is 17.6 Å². The molecule has 5 nitrogen and oxygen atoms in total. The van der Waals surface area contributed by atoms with Gasteiger partial charge in [0.15, 0.2) is 0 Å². The predicted octanol–water partition coefficient (Wildman–Crippen LogP) is 1.55. The summed E-state index contributed by atoms with van der Waals surface area (Å²) < 4.78 is 14.1. The summed E-state index contributed by atoms with van der Waals surface area (Å²) >= 11 is 3.07. The predicted molar refractivity (Wildman–Crippen MR) is 74.3 cm³/mol. The van der Waals surface area contributed by atoms with Crippen LogP contribution in [0.1, 0.15) is 5.56 Å². The van der Waals surface area contributed by atoms with Crippen LogP contribution in [0.15, 0.2) is 28.4 Å². The minimum atomic E-state index is -0.535. The number of benzene rings is 1. The third kappa shape index (κ3) is 2.59. The lowest BCUT2D eigenvalue weighted by Gasteiger charge is -2.14. The van der Waals surface area contributed by atoms with Gasteiger partial charge >= 0.3 is 0 Å². The summed E-state index contributed by atoms with van der Waals surface area (Å²) in [5.41, 5.74) is 0.804. The van der Waals surface area contributed by atoms with Gasteiger partial charge in [-0.3, -0.25) is 14.5 Å². The molecule has 0 bridgehead atoms. The monoisotopic (exact) mass is 342 g/mol. The maximum atomic E-state index is 13.7. The maximum Gasteiger partial charge on any atom is 0.277 e. The highest BCUT2D eigenvalue weighted by molar-refractivity contribution is 9.10. The van der Waals surface area contributed by atoms with E-state index in [0.29, 0.717) is 15.7 Å². The molecular weight excluding hydrogens is 331 g/mol. The van der Waals surface area contributed by atoms with Crippen LogP contribution in [0.3, 0.4) is 0 Å². The molecule has 1 heterocycles. The van der Waals surface area contributed by atoms with E-state index in [2.05, 4.69) is 21.2 Å². The second kappa shape index (κ2) is 5.72. The molecule has 7 heteroatoms. The van der Waals surface area contributed by atoms with Crippen molar-refractivity contribution in [2.45, 2.75) is 6.92 Å². The Morgan fingerprint density at radius 3 is 2.75 bits per heavy atom. The van der Waals surface area contributed by atoms with E-state index in [1.165, 1.54) is 6.07 Å². The highest BCUT2D eigenvalue weighted by Gasteiger charge is 2.30. The quantitative estimate of drug-likeness (QED) is 0.814.